The lowest BCUT2D eigenvalue weighted by Gasteiger charge is -2.05. The molecular weight excluding hydrogens is 234 g/mol. The van der Waals surface area contributed by atoms with Crippen molar-refractivity contribution in [3.8, 4) is 0 Å². The van der Waals surface area contributed by atoms with Crippen LogP contribution in [0.3, 0.4) is 0 Å². The minimum Gasteiger partial charge on any atom is -0.313 e. The van der Waals surface area contributed by atoms with E-state index in [1.165, 1.54) is 66.8 Å². The van der Waals surface area contributed by atoms with Gasteiger partial charge in [-0.15, -0.1) is 0 Å². The van der Waals surface area contributed by atoms with Gasteiger partial charge in [0, 0.05) is 16.8 Å². The van der Waals surface area contributed by atoms with Gasteiger partial charge in [0.05, 0.1) is 0 Å². The van der Waals surface area contributed by atoms with Crippen LogP contribution in [0, 0.1) is 0 Å². The number of unbranched alkanes of at least 4 members (excludes halogenated alkanes) is 6. The molecule has 1 aromatic rings. The Kier molecular flexibility index (Phi) is 9.86. The van der Waals surface area contributed by atoms with Crippen LogP contribution in [-0.4, -0.2) is 16.8 Å². The smallest absolute Gasteiger partial charge is 0.0205 e. The standard InChI is InChI=1S/C16H29NSi/c18-14-10-5-3-1-2-4-9-13-17-15-16-11-7-6-8-12-16/h6-8,11-12,17H,1-5,9-10,13-15H2,18H3. The second-order valence-corrected chi connectivity index (χ2v) is 6.14. The Balaban J connectivity index is 1.82. The minimum absolute atomic E-state index is 1.02. The Hall–Kier alpha value is -0.603. The summed E-state index contributed by atoms with van der Waals surface area (Å²) >= 11 is 0. The molecule has 0 aromatic heterocycles. The van der Waals surface area contributed by atoms with Gasteiger partial charge in [-0.1, -0.05) is 74.9 Å². The second-order valence-electron chi connectivity index (χ2n) is 5.14. The molecule has 0 amide bonds. The lowest BCUT2D eigenvalue weighted by molar-refractivity contribution is 0.562. The first-order valence-corrected chi connectivity index (χ1v) is 9.09. The first kappa shape index (κ1) is 15.5. The maximum Gasteiger partial charge on any atom is 0.0205 e. The third-order valence-electron chi connectivity index (χ3n) is 3.38. The quantitative estimate of drug-likeness (QED) is 0.477. The summed E-state index contributed by atoms with van der Waals surface area (Å²) in [5.74, 6) is 0. The van der Waals surface area contributed by atoms with Gasteiger partial charge in [0.1, 0.15) is 0 Å². The molecule has 1 rings (SSSR count). The van der Waals surface area contributed by atoms with E-state index in [2.05, 4.69) is 35.6 Å². The molecule has 0 saturated carbocycles. The highest BCUT2D eigenvalue weighted by Crippen LogP contribution is 2.07. The molecule has 1 aromatic carbocycles. The Morgan fingerprint density at radius 2 is 1.39 bits per heavy atom. The molecule has 18 heavy (non-hydrogen) atoms. The van der Waals surface area contributed by atoms with Gasteiger partial charge >= 0.3 is 0 Å². The summed E-state index contributed by atoms with van der Waals surface area (Å²) in [4.78, 5) is 0. The number of nitrogens with one attached hydrogen (secondary N) is 1. The second kappa shape index (κ2) is 11.5. The zero-order valence-electron chi connectivity index (χ0n) is 12.0. The Morgan fingerprint density at radius 3 is 2.06 bits per heavy atom. The number of rotatable bonds is 11. The van der Waals surface area contributed by atoms with Crippen LogP contribution in [0.1, 0.15) is 50.5 Å². The number of benzene rings is 1. The van der Waals surface area contributed by atoms with Gasteiger partial charge in [0.25, 0.3) is 0 Å². The Labute approximate surface area is 116 Å². The summed E-state index contributed by atoms with van der Waals surface area (Å²) < 4.78 is 0. The van der Waals surface area contributed by atoms with Crippen molar-refractivity contribution in [2.24, 2.45) is 0 Å². The van der Waals surface area contributed by atoms with Crippen molar-refractivity contribution in [2.45, 2.75) is 57.5 Å². The van der Waals surface area contributed by atoms with E-state index < -0.39 is 0 Å². The Morgan fingerprint density at radius 1 is 0.778 bits per heavy atom. The van der Waals surface area contributed by atoms with Crippen LogP contribution in [0.5, 0.6) is 0 Å². The summed E-state index contributed by atoms with van der Waals surface area (Å²) in [5, 5.41) is 3.52. The van der Waals surface area contributed by atoms with E-state index in [0.29, 0.717) is 0 Å². The molecule has 1 nitrogen and oxygen atoms in total. The summed E-state index contributed by atoms with van der Waals surface area (Å²) in [5.41, 5.74) is 1.39. The highest BCUT2D eigenvalue weighted by Gasteiger charge is 1.93. The Bertz CT molecular complexity index is 274. The van der Waals surface area contributed by atoms with Crippen molar-refractivity contribution in [3.63, 3.8) is 0 Å². The average molecular weight is 264 g/mol. The van der Waals surface area contributed by atoms with Gasteiger partial charge in [-0.2, -0.15) is 0 Å². The van der Waals surface area contributed by atoms with Crippen LogP contribution in [0.4, 0.5) is 0 Å². The predicted molar refractivity (Wildman–Crippen MR) is 85.2 cm³/mol. The van der Waals surface area contributed by atoms with Crippen molar-refractivity contribution >= 4 is 10.2 Å². The van der Waals surface area contributed by atoms with E-state index in [0.717, 1.165) is 13.1 Å². The molecule has 0 atom stereocenters. The third kappa shape index (κ3) is 8.48. The SMILES string of the molecule is [SiH3]CCCCCCCCCNCc1ccccc1. The molecule has 0 aliphatic heterocycles. The monoisotopic (exact) mass is 263 g/mol. The predicted octanol–water partition coefficient (Wildman–Crippen LogP) is 3.29. The molecule has 2 heteroatoms. The fraction of sp³-hybridized carbons (Fsp3) is 0.625. The molecular formula is C16H29NSi. The van der Waals surface area contributed by atoms with E-state index in [1.807, 2.05) is 0 Å². The maximum atomic E-state index is 3.52. The third-order valence-corrected chi connectivity index (χ3v) is 4.09. The van der Waals surface area contributed by atoms with E-state index in [-0.39, 0.29) is 0 Å². The van der Waals surface area contributed by atoms with Crippen molar-refractivity contribution in [3.05, 3.63) is 35.9 Å². The van der Waals surface area contributed by atoms with Crippen molar-refractivity contribution in [1.29, 1.82) is 0 Å². The molecule has 0 spiro atoms. The molecule has 0 unspecified atom stereocenters. The summed E-state index contributed by atoms with van der Waals surface area (Å²) in [6.45, 7) is 2.18. The van der Waals surface area contributed by atoms with E-state index in [4.69, 9.17) is 0 Å². The number of hydrogen-bond acceptors (Lipinski definition) is 1. The number of hydrogen-bond donors (Lipinski definition) is 1. The highest BCUT2D eigenvalue weighted by molar-refractivity contribution is 6.08. The lowest BCUT2D eigenvalue weighted by atomic mass is 10.1. The van der Waals surface area contributed by atoms with Gasteiger partial charge in [0.2, 0.25) is 0 Å². The fourth-order valence-corrected chi connectivity index (χ4v) is 2.71. The van der Waals surface area contributed by atoms with Crippen LogP contribution in [0.2, 0.25) is 6.04 Å². The van der Waals surface area contributed by atoms with E-state index >= 15 is 0 Å². The molecule has 0 bridgehead atoms. The normalized spacial score (nSPS) is 10.9. The highest BCUT2D eigenvalue weighted by atomic mass is 28.1. The zero-order valence-corrected chi connectivity index (χ0v) is 14.0. The van der Waals surface area contributed by atoms with Crippen LogP contribution in [0.15, 0.2) is 30.3 Å². The summed E-state index contributed by atoms with van der Waals surface area (Å²) in [6, 6.07) is 12.1. The van der Waals surface area contributed by atoms with Crippen LogP contribution in [0.25, 0.3) is 0 Å². The average Bonchev–Trinajstić information content (AvgIpc) is 2.42. The molecule has 0 fully saturated rings. The van der Waals surface area contributed by atoms with Gasteiger partial charge in [-0.05, 0) is 18.5 Å². The fourth-order valence-electron chi connectivity index (χ4n) is 2.21. The molecule has 0 radical (unpaired) electrons. The van der Waals surface area contributed by atoms with E-state index in [9.17, 15) is 0 Å². The van der Waals surface area contributed by atoms with Gasteiger partial charge in [0.15, 0.2) is 0 Å². The van der Waals surface area contributed by atoms with Gasteiger partial charge < -0.3 is 5.32 Å². The summed E-state index contributed by atoms with van der Waals surface area (Å²) in [6.07, 6.45) is 9.99. The molecule has 0 heterocycles. The van der Waals surface area contributed by atoms with E-state index in [1.54, 1.807) is 0 Å². The van der Waals surface area contributed by atoms with Crippen molar-refractivity contribution < 1.29 is 0 Å². The van der Waals surface area contributed by atoms with Crippen molar-refractivity contribution in [2.75, 3.05) is 6.54 Å². The van der Waals surface area contributed by atoms with Gasteiger partial charge in [-0.3, -0.25) is 0 Å². The molecule has 0 saturated heterocycles. The maximum absolute atomic E-state index is 3.52. The van der Waals surface area contributed by atoms with Gasteiger partial charge in [-0.25, -0.2) is 0 Å². The van der Waals surface area contributed by atoms with Crippen LogP contribution < -0.4 is 5.32 Å². The minimum atomic E-state index is 1.02. The molecule has 1 N–H and O–H groups in total. The van der Waals surface area contributed by atoms with Crippen LogP contribution in [-0.2, 0) is 6.54 Å². The first-order valence-electron chi connectivity index (χ1n) is 7.68. The molecule has 0 aliphatic carbocycles. The summed E-state index contributed by atoms with van der Waals surface area (Å²) in [7, 11) is 1.39. The largest absolute Gasteiger partial charge is 0.313 e. The molecule has 0 aliphatic rings. The first-order chi connectivity index (χ1) is 8.93. The topological polar surface area (TPSA) is 12.0 Å². The lowest BCUT2D eigenvalue weighted by Crippen LogP contribution is -2.14. The van der Waals surface area contributed by atoms with Crippen LogP contribution >= 0.6 is 0 Å². The molecule has 102 valence electrons. The van der Waals surface area contributed by atoms with Crippen molar-refractivity contribution in [1.82, 2.24) is 5.32 Å². The zero-order chi connectivity index (χ0) is 12.9.